The van der Waals surface area contributed by atoms with Gasteiger partial charge < -0.3 is 19.0 Å². The number of amides is 2. The third-order valence-electron chi connectivity index (χ3n) is 5.67. The monoisotopic (exact) mass is 348 g/mol. The van der Waals surface area contributed by atoms with Crippen LogP contribution in [0.4, 0.5) is 0 Å². The lowest BCUT2D eigenvalue weighted by Gasteiger charge is -2.26. The zero-order valence-electron chi connectivity index (χ0n) is 15.5. The second kappa shape index (κ2) is 7.20. The molecular weight excluding hydrogens is 320 g/mol. The maximum Gasteiger partial charge on any atom is 0.257 e. The van der Waals surface area contributed by atoms with Gasteiger partial charge >= 0.3 is 0 Å². The molecule has 138 valence electrons. The Morgan fingerprint density at radius 2 is 2.00 bits per heavy atom. The lowest BCUT2D eigenvalue weighted by atomic mass is 9.79. The summed E-state index contributed by atoms with van der Waals surface area (Å²) in [5, 5.41) is 0. The average Bonchev–Trinajstić information content (AvgIpc) is 2.98. The van der Waals surface area contributed by atoms with E-state index in [9.17, 15) is 9.59 Å². The number of aryl methyl sites for hydroxylation is 2. The highest BCUT2D eigenvalue weighted by molar-refractivity contribution is 5.95. The summed E-state index contributed by atoms with van der Waals surface area (Å²) in [4.78, 5) is 29.5. The number of carbonyl (C=O) groups is 2. The molecule has 2 fully saturated rings. The molecule has 0 N–H and O–H groups in total. The van der Waals surface area contributed by atoms with Gasteiger partial charge in [-0.25, -0.2) is 0 Å². The topological polar surface area (TPSA) is 63.0 Å². The van der Waals surface area contributed by atoms with Gasteiger partial charge in [-0.2, -0.15) is 0 Å². The number of ether oxygens (including phenoxy) is 1. The summed E-state index contributed by atoms with van der Waals surface area (Å²) in [6.45, 7) is 7.05. The van der Waals surface area contributed by atoms with E-state index in [0.29, 0.717) is 37.6 Å². The van der Waals surface area contributed by atoms with Crippen LogP contribution in [0.15, 0.2) is 10.5 Å². The van der Waals surface area contributed by atoms with Crippen molar-refractivity contribution in [1.82, 2.24) is 9.80 Å². The Kier molecular flexibility index (Phi) is 5.18. The van der Waals surface area contributed by atoms with Crippen LogP contribution in [0.1, 0.15) is 47.6 Å². The molecule has 1 aromatic heterocycles. The van der Waals surface area contributed by atoms with E-state index in [0.717, 1.165) is 38.0 Å². The number of methoxy groups -OCH3 is 1. The first kappa shape index (κ1) is 18.0. The maximum atomic E-state index is 12.9. The first-order valence-corrected chi connectivity index (χ1v) is 9.11. The molecule has 0 radical (unpaired) electrons. The molecule has 2 amide bonds. The minimum Gasteiger partial charge on any atom is -0.466 e. The van der Waals surface area contributed by atoms with Crippen molar-refractivity contribution < 1.29 is 18.7 Å². The Morgan fingerprint density at radius 3 is 2.68 bits per heavy atom. The highest BCUT2D eigenvalue weighted by Gasteiger charge is 2.47. The molecule has 3 heterocycles. The summed E-state index contributed by atoms with van der Waals surface area (Å²) < 4.78 is 10.6. The summed E-state index contributed by atoms with van der Waals surface area (Å²) in [6.07, 6.45) is 3.37. The molecule has 1 unspecified atom stereocenters. The predicted molar refractivity (Wildman–Crippen MR) is 93.4 cm³/mol. The summed E-state index contributed by atoms with van der Waals surface area (Å²) in [5.74, 6) is 1.69. The summed E-state index contributed by atoms with van der Waals surface area (Å²) in [7, 11) is 1.66. The van der Waals surface area contributed by atoms with Crippen molar-refractivity contribution in [2.45, 2.75) is 39.5 Å². The summed E-state index contributed by atoms with van der Waals surface area (Å²) in [6, 6.07) is 1.81. The van der Waals surface area contributed by atoms with Crippen LogP contribution >= 0.6 is 0 Å². The molecule has 0 bridgehead atoms. The van der Waals surface area contributed by atoms with Crippen molar-refractivity contribution in [3.63, 3.8) is 0 Å². The number of furan rings is 1. The number of hydrogen-bond donors (Lipinski definition) is 0. The Morgan fingerprint density at radius 1 is 1.24 bits per heavy atom. The largest absolute Gasteiger partial charge is 0.466 e. The molecule has 2 aliphatic rings. The molecule has 1 spiro atoms. The molecule has 1 aromatic rings. The fourth-order valence-electron chi connectivity index (χ4n) is 4.18. The van der Waals surface area contributed by atoms with E-state index < -0.39 is 0 Å². The fourth-order valence-corrected chi connectivity index (χ4v) is 4.18. The smallest absolute Gasteiger partial charge is 0.257 e. The third-order valence-corrected chi connectivity index (χ3v) is 5.67. The van der Waals surface area contributed by atoms with Gasteiger partial charge in [-0.15, -0.1) is 0 Å². The molecule has 0 aromatic carbocycles. The molecule has 2 saturated heterocycles. The molecule has 6 heteroatoms. The van der Waals surface area contributed by atoms with Crippen molar-refractivity contribution in [2.75, 3.05) is 39.9 Å². The number of rotatable bonds is 4. The van der Waals surface area contributed by atoms with Crippen LogP contribution in [-0.2, 0) is 9.53 Å². The zero-order valence-corrected chi connectivity index (χ0v) is 15.5. The van der Waals surface area contributed by atoms with E-state index in [4.69, 9.17) is 9.15 Å². The summed E-state index contributed by atoms with van der Waals surface area (Å²) >= 11 is 0. The highest BCUT2D eigenvalue weighted by Crippen LogP contribution is 2.41. The zero-order chi connectivity index (χ0) is 18.0. The molecule has 0 aliphatic carbocycles. The van der Waals surface area contributed by atoms with Gasteiger partial charge in [0.1, 0.15) is 11.5 Å². The Balaban J connectivity index is 1.67. The van der Waals surface area contributed by atoms with E-state index in [2.05, 4.69) is 0 Å². The van der Waals surface area contributed by atoms with Crippen molar-refractivity contribution >= 4 is 11.8 Å². The third kappa shape index (κ3) is 3.45. The Hall–Kier alpha value is -1.82. The van der Waals surface area contributed by atoms with Gasteiger partial charge in [0.15, 0.2) is 0 Å². The van der Waals surface area contributed by atoms with Gasteiger partial charge in [-0.3, -0.25) is 9.59 Å². The number of nitrogens with zero attached hydrogens (tertiary/aromatic N) is 2. The maximum absolute atomic E-state index is 12.9. The molecule has 1 atom stereocenters. The number of likely N-dealkylation sites (tertiary alicyclic amines) is 2. The van der Waals surface area contributed by atoms with Crippen molar-refractivity contribution in [3.8, 4) is 0 Å². The SMILES string of the molecule is COCCN1CCC2(CCCN(C(=O)c3cc(C)oc3C)CC2)C1=O. The molecule has 2 aliphatic heterocycles. The van der Waals surface area contributed by atoms with Gasteiger partial charge in [0.05, 0.1) is 17.6 Å². The van der Waals surface area contributed by atoms with E-state index in [1.807, 2.05) is 29.7 Å². The van der Waals surface area contributed by atoms with Crippen molar-refractivity contribution in [2.24, 2.45) is 5.41 Å². The van der Waals surface area contributed by atoms with E-state index in [-0.39, 0.29) is 17.2 Å². The van der Waals surface area contributed by atoms with Gasteiger partial charge in [-0.05, 0) is 45.6 Å². The van der Waals surface area contributed by atoms with E-state index in [1.165, 1.54) is 0 Å². The fraction of sp³-hybridized carbons (Fsp3) is 0.684. The van der Waals surface area contributed by atoms with Crippen LogP contribution in [-0.4, -0.2) is 61.5 Å². The predicted octanol–water partition coefficient (Wildman–Crippen LogP) is 2.39. The second-order valence-corrected chi connectivity index (χ2v) is 7.29. The van der Waals surface area contributed by atoms with Gasteiger partial charge in [0.2, 0.25) is 5.91 Å². The van der Waals surface area contributed by atoms with Crippen LogP contribution in [0.25, 0.3) is 0 Å². The van der Waals surface area contributed by atoms with Gasteiger partial charge in [0.25, 0.3) is 5.91 Å². The Bertz CT molecular complexity index is 654. The second-order valence-electron chi connectivity index (χ2n) is 7.29. The minimum absolute atomic E-state index is 0.0214. The van der Waals surface area contributed by atoms with Crippen LogP contribution in [0.5, 0.6) is 0 Å². The summed E-state index contributed by atoms with van der Waals surface area (Å²) in [5.41, 5.74) is 0.359. The number of hydrogen-bond acceptors (Lipinski definition) is 4. The van der Waals surface area contributed by atoms with Crippen LogP contribution in [0, 0.1) is 19.3 Å². The number of carbonyl (C=O) groups excluding carboxylic acids is 2. The quantitative estimate of drug-likeness (QED) is 0.838. The molecule has 0 saturated carbocycles. The first-order valence-electron chi connectivity index (χ1n) is 9.11. The molecular formula is C19H28N2O4. The van der Waals surface area contributed by atoms with Crippen molar-refractivity contribution in [1.29, 1.82) is 0 Å². The Labute approximate surface area is 149 Å². The van der Waals surface area contributed by atoms with Gasteiger partial charge in [0, 0.05) is 33.3 Å². The van der Waals surface area contributed by atoms with Crippen LogP contribution < -0.4 is 0 Å². The lowest BCUT2D eigenvalue weighted by Crippen LogP contribution is -2.37. The van der Waals surface area contributed by atoms with E-state index >= 15 is 0 Å². The molecule has 25 heavy (non-hydrogen) atoms. The van der Waals surface area contributed by atoms with Crippen LogP contribution in [0.3, 0.4) is 0 Å². The minimum atomic E-state index is -0.288. The highest BCUT2D eigenvalue weighted by atomic mass is 16.5. The molecule has 3 rings (SSSR count). The van der Waals surface area contributed by atoms with Crippen LogP contribution in [0.2, 0.25) is 0 Å². The normalized spacial score (nSPS) is 24.2. The van der Waals surface area contributed by atoms with Gasteiger partial charge in [-0.1, -0.05) is 0 Å². The van der Waals surface area contributed by atoms with Crippen molar-refractivity contribution in [3.05, 3.63) is 23.2 Å². The first-order chi connectivity index (χ1) is 12.0. The standard InChI is InChI=1S/C19H28N2O4/c1-14-13-16(15(2)25-14)17(22)20-8-4-5-19(6-9-20)7-10-21(18(19)23)11-12-24-3/h13H,4-12H2,1-3H3. The lowest BCUT2D eigenvalue weighted by molar-refractivity contribution is -0.137. The van der Waals surface area contributed by atoms with E-state index in [1.54, 1.807) is 7.11 Å². The average molecular weight is 348 g/mol. The molecule has 6 nitrogen and oxygen atoms in total.